The van der Waals surface area contributed by atoms with Crippen molar-refractivity contribution in [3.05, 3.63) is 42.0 Å². The molecule has 1 aromatic heterocycles. The second kappa shape index (κ2) is 7.40. The maximum atomic E-state index is 12.9. The predicted octanol–water partition coefficient (Wildman–Crippen LogP) is 3.18. The molecule has 0 spiro atoms. The number of hydrogen-bond donors (Lipinski definition) is 2. The Bertz CT molecular complexity index is 944. The molecule has 3 amide bonds. The van der Waals surface area contributed by atoms with Gasteiger partial charge in [0.1, 0.15) is 5.75 Å². The quantitative estimate of drug-likeness (QED) is 0.799. The van der Waals surface area contributed by atoms with Crippen LogP contribution in [0.1, 0.15) is 24.8 Å². The van der Waals surface area contributed by atoms with E-state index in [1.54, 1.807) is 32.2 Å². The van der Waals surface area contributed by atoms with Crippen LogP contribution >= 0.6 is 0 Å². The summed E-state index contributed by atoms with van der Waals surface area (Å²) in [5.41, 5.74) is 1.04. The van der Waals surface area contributed by atoms with Crippen molar-refractivity contribution in [2.45, 2.75) is 31.8 Å². The highest BCUT2D eigenvalue weighted by Gasteiger charge is 2.58. The number of carbonyl (C=O) groups excluding carboxylic acids is 2. The fourth-order valence-electron chi connectivity index (χ4n) is 4.13. The zero-order valence-electron chi connectivity index (χ0n) is 16.1. The fraction of sp³-hybridized carbons (Fsp3) is 0.400. The van der Waals surface area contributed by atoms with Crippen molar-refractivity contribution in [2.24, 2.45) is 11.8 Å². The molecule has 1 heterocycles. The minimum Gasteiger partial charge on any atom is -0.424 e. The normalized spacial score (nSPS) is 24.5. The summed E-state index contributed by atoms with van der Waals surface area (Å²) in [6, 6.07) is 4.38. The Morgan fingerprint density at radius 1 is 1.21 bits per heavy atom. The molecule has 5 rings (SSSR count). The van der Waals surface area contributed by atoms with Crippen molar-refractivity contribution in [2.75, 3.05) is 12.4 Å². The number of aryl methyl sites for hydroxylation is 1. The number of methoxy groups -OCH3 is 1. The molecular weight excluding hydrogens is 379 g/mol. The summed E-state index contributed by atoms with van der Waals surface area (Å²) in [5.74, 6) is -0.256. The van der Waals surface area contributed by atoms with Gasteiger partial charge in [-0.25, -0.2) is 19.2 Å². The average molecular weight is 400 g/mol. The molecule has 2 aromatic rings. The van der Waals surface area contributed by atoms with Gasteiger partial charge in [-0.1, -0.05) is 0 Å². The molecule has 3 fully saturated rings. The van der Waals surface area contributed by atoms with E-state index in [0.29, 0.717) is 23.4 Å². The molecule has 1 aromatic carbocycles. The average Bonchev–Trinajstić information content (AvgIpc) is 3.22. The zero-order chi connectivity index (χ0) is 20.6. The first-order valence-electron chi connectivity index (χ1n) is 9.30. The number of imide groups is 1. The highest BCUT2D eigenvalue weighted by Crippen LogP contribution is 2.57. The van der Waals surface area contributed by atoms with Gasteiger partial charge in [-0.15, -0.1) is 0 Å². The standard InChI is InChI=1S/C20H21FN4O4/c1-11-5-14(3-4-16(11)29-19-22-9-13(21)10-23-19)24-18(27)25-17(26)15-8-20(28-2)6-12(15)7-20/h3-5,9-10,12,15H,6-8H2,1-2H3,(H2,24,25,26,27). The van der Waals surface area contributed by atoms with Gasteiger partial charge in [-0.2, -0.15) is 0 Å². The van der Waals surface area contributed by atoms with Crippen LogP contribution in [0.4, 0.5) is 14.9 Å². The fourth-order valence-corrected chi connectivity index (χ4v) is 4.13. The van der Waals surface area contributed by atoms with Gasteiger partial charge >= 0.3 is 12.0 Å². The lowest BCUT2D eigenvalue weighted by Gasteiger charge is -2.36. The minimum absolute atomic E-state index is 0.0160. The van der Waals surface area contributed by atoms with Gasteiger partial charge in [-0.3, -0.25) is 10.1 Å². The number of urea groups is 1. The van der Waals surface area contributed by atoms with E-state index in [2.05, 4.69) is 20.6 Å². The molecule has 3 saturated carbocycles. The van der Waals surface area contributed by atoms with Gasteiger partial charge in [-0.05, 0) is 55.9 Å². The summed E-state index contributed by atoms with van der Waals surface area (Å²) in [5, 5.41) is 5.07. The van der Waals surface area contributed by atoms with E-state index in [0.717, 1.165) is 25.2 Å². The summed E-state index contributed by atoms with van der Waals surface area (Å²) in [6.07, 6.45) is 4.43. The summed E-state index contributed by atoms with van der Waals surface area (Å²) in [7, 11) is 1.67. The number of benzene rings is 1. The number of anilines is 1. The monoisotopic (exact) mass is 400 g/mol. The lowest BCUT2D eigenvalue weighted by molar-refractivity contribution is -0.124. The first-order valence-corrected chi connectivity index (χ1v) is 9.30. The number of hydrogen-bond acceptors (Lipinski definition) is 6. The van der Waals surface area contributed by atoms with Crippen LogP contribution in [0.15, 0.2) is 30.6 Å². The van der Waals surface area contributed by atoms with Gasteiger partial charge in [0.2, 0.25) is 5.91 Å². The Labute approximate surface area is 166 Å². The molecule has 1 unspecified atom stereocenters. The van der Waals surface area contributed by atoms with Crippen LogP contribution < -0.4 is 15.4 Å². The molecule has 29 heavy (non-hydrogen) atoms. The largest absolute Gasteiger partial charge is 0.424 e. The smallest absolute Gasteiger partial charge is 0.325 e. The molecule has 1 atom stereocenters. The Kier molecular flexibility index (Phi) is 4.91. The van der Waals surface area contributed by atoms with E-state index in [1.165, 1.54) is 0 Å². The van der Waals surface area contributed by atoms with Crippen LogP contribution in [0.3, 0.4) is 0 Å². The Morgan fingerprint density at radius 2 is 1.93 bits per heavy atom. The number of rotatable bonds is 5. The van der Waals surface area contributed by atoms with Gasteiger partial charge in [0.25, 0.3) is 0 Å². The predicted molar refractivity (Wildman–Crippen MR) is 101 cm³/mol. The van der Waals surface area contributed by atoms with E-state index in [9.17, 15) is 14.0 Å². The van der Waals surface area contributed by atoms with Crippen molar-refractivity contribution in [1.29, 1.82) is 0 Å². The first kappa shape index (κ1) is 19.3. The number of nitrogens with one attached hydrogen (secondary N) is 2. The van der Waals surface area contributed by atoms with Crippen molar-refractivity contribution < 1.29 is 23.5 Å². The van der Waals surface area contributed by atoms with E-state index >= 15 is 0 Å². The van der Waals surface area contributed by atoms with E-state index in [1.807, 2.05) is 0 Å². The van der Waals surface area contributed by atoms with Gasteiger partial charge in [0.15, 0.2) is 5.82 Å². The number of nitrogens with zero attached hydrogens (tertiary/aromatic N) is 2. The van der Waals surface area contributed by atoms with Gasteiger partial charge in [0, 0.05) is 18.7 Å². The lowest BCUT2D eigenvalue weighted by atomic mass is 9.78. The maximum Gasteiger partial charge on any atom is 0.325 e. The molecule has 3 aliphatic carbocycles. The van der Waals surface area contributed by atoms with Crippen molar-refractivity contribution in [3.8, 4) is 11.8 Å². The third-order valence-electron chi connectivity index (χ3n) is 5.67. The number of aromatic nitrogens is 2. The number of fused-ring (bicyclic) bond motifs is 1. The van der Waals surface area contributed by atoms with Crippen LogP contribution in [-0.2, 0) is 9.53 Å². The van der Waals surface area contributed by atoms with Crippen molar-refractivity contribution in [1.82, 2.24) is 15.3 Å². The van der Waals surface area contributed by atoms with Crippen LogP contribution in [-0.4, -0.2) is 34.6 Å². The summed E-state index contributed by atoms with van der Waals surface area (Å²) >= 11 is 0. The van der Waals surface area contributed by atoms with Crippen LogP contribution in [0.2, 0.25) is 0 Å². The maximum absolute atomic E-state index is 12.9. The number of carbonyl (C=O) groups is 2. The molecule has 2 N–H and O–H groups in total. The van der Waals surface area contributed by atoms with E-state index in [4.69, 9.17) is 9.47 Å². The molecule has 2 bridgehead atoms. The SMILES string of the molecule is COC12CC(C1)C(C(=O)NC(=O)Nc1ccc(Oc3ncc(F)cn3)c(C)c1)C2. The molecule has 0 aliphatic heterocycles. The van der Waals surface area contributed by atoms with Crippen LogP contribution in [0.25, 0.3) is 0 Å². The van der Waals surface area contributed by atoms with Crippen LogP contribution in [0.5, 0.6) is 11.8 Å². The zero-order valence-corrected chi connectivity index (χ0v) is 16.1. The van der Waals surface area contributed by atoms with E-state index < -0.39 is 11.8 Å². The molecule has 0 saturated heterocycles. The second-order valence-electron chi connectivity index (χ2n) is 7.58. The minimum atomic E-state index is -0.583. The molecule has 3 aliphatic rings. The molecular formula is C20H21FN4O4. The second-order valence-corrected chi connectivity index (χ2v) is 7.58. The summed E-state index contributed by atoms with van der Waals surface area (Å²) < 4.78 is 23.9. The summed E-state index contributed by atoms with van der Waals surface area (Å²) in [4.78, 5) is 32.1. The van der Waals surface area contributed by atoms with Gasteiger partial charge in [0.05, 0.1) is 18.0 Å². The highest BCUT2D eigenvalue weighted by atomic mass is 19.1. The number of halogens is 1. The topological polar surface area (TPSA) is 102 Å². The lowest BCUT2D eigenvalue weighted by Crippen LogP contribution is -2.40. The Balaban J connectivity index is 1.33. The molecule has 9 heteroatoms. The molecule has 152 valence electrons. The molecule has 0 radical (unpaired) electrons. The number of amides is 3. The third-order valence-corrected chi connectivity index (χ3v) is 5.67. The van der Waals surface area contributed by atoms with Gasteiger partial charge < -0.3 is 14.8 Å². The van der Waals surface area contributed by atoms with Crippen molar-refractivity contribution >= 4 is 17.6 Å². The summed E-state index contributed by atoms with van der Waals surface area (Å²) in [6.45, 7) is 1.78. The third kappa shape index (κ3) is 3.91. The molecule has 8 nitrogen and oxygen atoms in total. The number of ether oxygens (including phenoxy) is 2. The highest BCUT2D eigenvalue weighted by molar-refractivity contribution is 6.02. The first-order chi connectivity index (χ1) is 13.9. The van der Waals surface area contributed by atoms with Crippen LogP contribution in [0, 0.1) is 24.6 Å². The Morgan fingerprint density at radius 3 is 2.55 bits per heavy atom. The van der Waals surface area contributed by atoms with Crippen molar-refractivity contribution in [3.63, 3.8) is 0 Å². The Hall–Kier alpha value is -3.07. The van der Waals surface area contributed by atoms with E-state index in [-0.39, 0.29) is 29.4 Å².